The summed E-state index contributed by atoms with van der Waals surface area (Å²) in [6, 6.07) is 2.65. The van der Waals surface area contributed by atoms with E-state index in [0.717, 1.165) is 37.4 Å². The standard InChI is InChI=1S/C17H29N3/c1-7-8-9-10-20(6)17-16(12-18-13(2)3)14(4)11-15(5)19-17/h7,11,13,18H,1,8-10,12H2,2-6H3. The maximum absolute atomic E-state index is 4.75. The van der Waals surface area contributed by atoms with Crippen LogP contribution in [0.3, 0.4) is 0 Å². The summed E-state index contributed by atoms with van der Waals surface area (Å²) in [7, 11) is 2.13. The van der Waals surface area contributed by atoms with Crippen molar-refractivity contribution in [2.45, 2.75) is 53.1 Å². The molecule has 0 aliphatic heterocycles. The molecule has 0 saturated heterocycles. The van der Waals surface area contributed by atoms with E-state index in [1.165, 1.54) is 11.1 Å². The summed E-state index contributed by atoms with van der Waals surface area (Å²) >= 11 is 0. The van der Waals surface area contributed by atoms with Crippen molar-refractivity contribution in [1.29, 1.82) is 0 Å². The second-order valence-electron chi connectivity index (χ2n) is 5.77. The Morgan fingerprint density at radius 2 is 2.10 bits per heavy atom. The lowest BCUT2D eigenvalue weighted by Gasteiger charge is -2.24. The van der Waals surface area contributed by atoms with Crippen LogP contribution >= 0.6 is 0 Å². The molecule has 3 nitrogen and oxygen atoms in total. The fourth-order valence-electron chi connectivity index (χ4n) is 2.26. The molecule has 1 aromatic heterocycles. The second kappa shape index (κ2) is 8.05. The van der Waals surface area contributed by atoms with Gasteiger partial charge in [0.15, 0.2) is 0 Å². The van der Waals surface area contributed by atoms with Crippen molar-refractivity contribution in [2.75, 3.05) is 18.5 Å². The lowest BCUT2D eigenvalue weighted by atomic mass is 10.1. The van der Waals surface area contributed by atoms with E-state index in [1.54, 1.807) is 0 Å². The van der Waals surface area contributed by atoms with Crippen LogP contribution in [0.4, 0.5) is 5.82 Å². The maximum atomic E-state index is 4.75. The second-order valence-corrected chi connectivity index (χ2v) is 5.77. The molecule has 1 N–H and O–H groups in total. The van der Waals surface area contributed by atoms with Gasteiger partial charge in [0.2, 0.25) is 0 Å². The molecule has 1 heterocycles. The number of allylic oxidation sites excluding steroid dienone is 1. The summed E-state index contributed by atoms with van der Waals surface area (Å²) in [5, 5.41) is 3.50. The minimum Gasteiger partial charge on any atom is -0.359 e. The van der Waals surface area contributed by atoms with Crippen LogP contribution in [0.5, 0.6) is 0 Å². The molecule has 0 aromatic carbocycles. The van der Waals surface area contributed by atoms with E-state index >= 15 is 0 Å². The molecule has 0 aliphatic carbocycles. The molecule has 0 atom stereocenters. The molecule has 1 aromatic rings. The third-order valence-corrected chi connectivity index (χ3v) is 3.40. The van der Waals surface area contributed by atoms with Crippen LogP contribution in [0.15, 0.2) is 18.7 Å². The molecule has 20 heavy (non-hydrogen) atoms. The number of rotatable bonds is 8. The quantitative estimate of drug-likeness (QED) is 0.580. The van der Waals surface area contributed by atoms with Gasteiger partial charge >= 0.3 is 0 Å². The van der Waals surface area contributed by atoms with Crippen molar-refractivity contribution in [2.24, 2.45) is 0 Å². The number of aryl methyl sites for hydroxylation is 2. The van der Waals surface area contributed by atoms with Crippen LogP contribution in [0.1, 0.15) is 43.5 Å². The van der Waals surface area contributed by atoms with Gasteiger partial charge in [-0.3, -0.25) is 0 Å². The van der Waals surface area contributed by atoms with Gasteiger partial charge in [-0.25, -0.2) is 4.98 Å². The number of aromatic nitrogens is 1. The highest BCUT2D eigenvalue weighted by atomic mass is 15.2. The minimum absolute atomic E-state index is 0.481. The van der Waals surface area contributed by atoms with Gasteiger partial charge < -0.3 is 10.2 Å². The minimum atomic E-state index is 0.481. The first-order valence-electron chi connectivity index (χ1n) is 7.48. The summed E-state index contributed by atoms with van der Waals surface area (Å²) in [4.78, 5) is 7.02. The molecule has 0 fully saturated rings. The monoisotopic (exact) mass is 275 g/mol. The van der Waals surface area contributed by atoms with Crippen molar-refractivity contribution < 1.29 is 0 Å². The van der Waals surface area contributed by atoms with Crippen molar-refractivity contribution in [3.63, 3.8) is 0 Å². The van der Waals surface area contributed by atoms with Gasteiger partial charge in [-0.05, 0) is 38.3 Å². The lowest BCUT2D eigenvalue weighted by Crippen LogP contribution is -2.27. The van der Waals surface area contributed by atoms with Gasteiger partial charge in [0.1, 0.15) is 5.82 Å². The molecular formula is C17H29N3. The third kappa shape index (κ3) is 4.97. The van der Waals surface area contributed by atoms with Gasteiger partial charge in [0.25, 0.3) is 0 Å². The number of nitrogens with zero attached hydrogens (tertiary/aromatic N) is 2. The molecule has 0 unspecified atom stereocenters. The van der Waals surface area contributed by atoms with Gasteiger partial charge in [-0.15, -0.1) is 6.58 Å². The fraction of sp³-hybridized carbons (Fsp3) is 0.588. The van der Waals surface area contributed by atoms with Crippen LogP contribution in [-0.2, 0) is 6.54 Å². The third-order valence-electron chi connectivity index (χ3n) is 3.40. The zero-order chi connectivity index (χ0) is 15.1. The Bertz CT molecular complexity index is 438. The number of unbranched alkanes of at least 4 members (excludes halogenated alkanes) is 1. The van der Waals surface area contributed by atoms with E-state index < -0.39 is 0 Å². The Kier molecular flexibility index (Phi) is 6.73. The van der Waals surface area contributed by atoms with Gasteiger partial charge in [-0.1, -0.05) is 19.9 Å². The fourth-order valence-corrected chi connectivity index (χ4v) is 2.26. The zero-order valence-electron chi connectivity index (χ0n) is 13.7. The van der Waals surface area contributed by atoms with Crippen molar-refractivity contribution in [3.8, 4) is 0 Å². The molecule has 1 rings (SSSR count). The predicted octanol–water partition coefficient (Wildman–Crippen LogP) is 3.60. The van der Waals surface area contributed by atoms with Crippen molar-refractivity contribution >= 4 is 5.82 Å². The van der Waals surface area contributed by atoms with Gasteiger partial charge in [0.05, 0.1) is 0 Å². The Labute approximate surface area is 124 Å². The largest absolute Gasteiger partial charge is 0.359 e. The molecule has 3 heteroatoms. The number of hydrogen-bond donors (Lipinski definition) is 1. The SMILES string of the molecule is C=CCCCN(C)c1nc(C)cc(C)c1CNC(C)C. The van der Waals surface area contributed by atoms with Crippen LogP contribution in [0, 0.1) is 13.8 Å². The lowest BCUT2D eigenvalue weighted by molar-refractivity contribution is 0.585. The number of nitrogens with one attached hydrogen (secondary N) is 1. The first kappa shape index (κ1) is 16.7. The molecule has 112 valence electrons. The number of hydrogen-bond acceptors (Lipinski definition) is 3. The predicted molar refractivity (Wildman–Crippen MR) is 88.4 cm³/mol. The summed E-state index contributed by atoms with van der Waals surface area (Å²) < 4.78 is 0. The Morgan fingerprint density at radius 3 is 2.70 bits per heavy atom. The highest BCUT2D eigenvalue weighted by molar-refractivity contribution is 5.51. The summed E-state index contributed by atoms with van der Waals surface area (Å²) in [6.07, 6.45) is 4.14. The molecule has 0 aliphatic rings. The highest BCUT2D eigenvalue weighted by Gasteiger charge is 2.13. The molecule has 0 spiro atoms. The maximum Gasteiger partial charge on any atom is 0.133 e. The van der Waals surface area contributed by atoms with Gasteiger partial charge in [-0.2, -0.15) is 0 Å². The summed E-state index contributed by atoms with van der Waals surface area (Å²) in [5.74, 6) is 1.11. The van der Waals surface area contributed by atoms with E-state index in [1.807, 2.05) is 6.08 Å². The Hall–Kier alpha value is -1.35. The number of pyridine rings is 1. The first-order chi connectivity index (χ1) is 9.45. The highest BCUT2D eigenvalue weighted by Crippen LogP contribution is 2.22. The summed E-state index contributed by atoms with van der Waals surface area (Å²) in [5.41, 5.74) is 3.71. The summed E-state index contributed by atoms with van der Waals surface area (Å²) in [6.45, 7) is 14.2. The van der Waals surface area contributed by atoms with Crippen LogP contribution < -0.4 is 10.2 Å². The van der Waals surface area contributed by atoms with E-state index in [4.69, 9.17) is 4.98 Å². The molecule has 0 amide bonds. The molecule has 0 bridgehead atoms. The van der Waals surface area contributed by atoms with Gasteiger partial charge in [0, 0.05) is 37.4 Å². The smallest absolute Gasteiger partial charge is 0.133 e. The van der Waals surface area contributed by atoms with Crippen LogP contribution in [0.25, 0.3) is 0 Å². The van der Waals surface area contributed by atoms with E-state index in [0.29, 0.717) is 6.04 Å². The first-order valence-corrected chi connectivity index (χ1v) is 7.48. The Balaban J connectivity index is 2.93. The normalized spacial score (nSPS) is 10.9. The van der Waals surface area contributed by atoms with Crippen LogP contribution in [0.2, 0.25) is 0 Å². The zero-order valence-corrected chi connectivity index (χ0v) is 13.7. The molecular weight excluding hydrogens is 246 g/mol. The van der Waals surface area contributed by atoms with Crippen molar-refractivity contribution in [3.05, 3.63) is 35.5 Å². The van der Waals surface area contributed by atoms with E-state index in [-0.39, 0.29) is 0 Å². The van der Waals surface area contributed by atoms with Crippen LogP contribution in [-0.4, -0.2) is 24.6 Å². The number of anilines is 1. The van der Waals surface area contributed by atoms with E-state index in [2.05, 4.69) is 57.6 Å². The molecule has 0 radical (unpaired) electrons. The van der Waals surface area contributed by atoms with Crippen molar-refractivity contribution in [1.82, 2.24) is 10.3 Å². The average Bonchev–Trinajstić information content (AvgIpc) is 2.36. The molecule has 0 saturated carbocycles. The van der Waals surface area contributed by atoms with E-state index in [9.17, 15) is 0 Å². The topological polar surface area (TPSA) is 28.2 Å². The average molecular weight is 275 g/mol. The Morgan fingerprint density at radius 1 is 1.40 bits per heavy atom.